The Bertz CT molecular complexity index is 382. The van der Waals surface area contributed by atoms with E-state index in [1.165, 1.54) is 18.4 Å². The van der Waals surface area contributed by atoms with Crippen molar-refractivity contribution in [2.24, 2.45) is 0 Å². The van der Waals surface area contributed by atoms with Gasteiger partial charge in [-0.15, -0.1) is 0 Å². The molecular weight excluding hydrogens is 186 g/mol. The third kappa shape index (κ3) is 1.53. The largest absolute Gasteiger partial charge is 0.486 e. The summed E-state index contributed by atoms with van der Waals surface area (Å²) in [6, 6.07) is 9.42. The van der Waals surface area contributed by atoms with Gasteiger partial charge >= 0.3 is 0 Å². The number of ether oxygens (including phenoxy) is 1. The first-order valence-corrected chi connectivity index (χ1v) is 5.71. The van der Waals surface area contributed by atoms with Gasteiger partial charge in [-0.2, -0.15) is 0 Å². The fourth-order valence-corrected chi connectivity index (χ4v) is 2.30. The van der Waals surface area contributed by atoms with Gasteiger partial charge in [-0.25, -0.2) is 0 Å². The Morgan fingerprint density at radius 3 is 2.73 bits per heavy atom. The lowest BCUT2D eigenvalue weighted by Crippen LogP contribution is -2.40. The van der Waals surface area contributed by atoms with Crippen LogP contribution in [0.2, 0.25) is 0 Å². The Labute approximate surface area is 90.6 Å². The Morgan fingerprint density at radius 2 is 2.00 bits per heavy atom. The van der Waals surface area contributed by atoms with Crippen LogP contribution < -0.4 is 10.1 Å². The lowest BCUT2D eigenvalue weighted by molar-refractivity contribution is 0.0957. The maximum absolute atomic E-state index is 5.97. The molecule has 2 nitrogen and oxygen atoms in total. The lowest BCUT2D eigenvalue weighted by Gasteiger charge is -2.27. The van der Waals surface area contributed by atoms with Gasteiger partial charge in [0.25, 0.3) is 0 Å². The van der Waals surface area contributed by atoms with Gasteiger partial charge in [0.2, 0.25) is 0 Å². The Kier molecular flexibility index (Phi) is 1.84. The van der Waals surface area contributed by atoms with E-state index in [4.69, 9.17) is 4.74 Å². The highest BCUT2D eigenvalue weighted by Crippen LogP contribution is 2.44. The fraction of sp³-hybridized carbons (Fsp3) is 0.538. The molecule has 1 aromatic rings. The first-order valence-electron chi connectivity index (χ1n) is 5.71. The van der Waals surface area contributed by atoms with Gasteiger partial charge in [0, 0.05) is 11.6 Å². The predicted octanol–water partition coefficient (Wildman–Crippen LogP) is 2.65. The van der Waals surface area contributed by atoms with Crippen molar-refractivity contribution in [3.8, 4) is 5.75 Å². The first-order chi connectivity index (χ1) is 7.17. The maximum Gasteiger partial charge on any atom is 0.125 e. The summed E-state index contributed by atoms with van der Waals surface area (Å²) >= 11 is 0. The van der Waals surface area contributed by atoms with E-state index in [-0.39, 0.29) is 5.60 Å². The highest BCUT2D eigenvalue weighted by molar-refractivity contribution is 5.42. The Morgan fingerprint density at radius 1 is 1.27 bits per heavy atom. The molecule has 0 bridgehead atoms. The smallest absolute Gasteiger partial charge is 0.125 e. The van der Waals surface area contributed by atoms with Crippen molar-refractivity contribution in [1.29, 1.82) is 0 Å². The molecule has 1 fully saturated rings. The minimum atomic E-state index is -0.119. The van der Waals surface area contributed by atoms with E-state index in [0.717, 1.165) is 5.75 Å². The number of para-hydroxylation sites is 1. The van der Waals surface area contributed by atoms with Gasteiger partial charge < -0.3 is 10.1 Å². The summed E-state index contributed by atoms with van der Waals surface area (Å²) in [6.45, 7) is 4.32. The maximum atomic E-state index is 5.97. The van der Waals surface area contributed by atoms with E-state index in [2.05, 4.69) is 37.4 Å². The molecule has 3 rings (SSSR count). The van der Waals surface area contributed by atoms with E-state index < -0.39 is 0 Å². The van der Waals surface area contributed by atoms with Gasteiger partial charge in [0.05, 0.1) is 6.04 Å². The van der Waals surface area contributed by atoms with Gasteiger partial charge in [-0.05, 0) is 32.8 Å². The molecule has 2 aliphatic rings. The van der Waals surface area contributed by atoms with E-state index in [1.54, 1.807) is 0 Å². The van der Waals surface area contributed by atoms with Crippen molar-refractivity contribution in [3.63, 3.8) is 0 Å². The molecule has 1 atom stereocenters. The van der Waals surface area contributed by atoms with Crippen LogP contribution in [0.25, 0.3) is 0 Å². The molecule has 0 saturated heterocycles. The van der Waals surface area contributed by atoms with Crippen LogP contribution in [0.1, 0.15) is 38.3 Å². The van der Waals surface area contributed by atoms with E-state index in [0.29, 0.717) is 12.1 Å². The molecule has 2 heteroatoms. The number of hydrogen-bond donors (Lipinski definition) is 1. The molecule has 0 radical (unpaired) electrons. The van der Waals surface area contributed by atoms with Crippen LogP contribution in [-0.2, 0) is 0 Å². The summed E-state index contributed by atoms with van der Waals surface area (Å²) in [4.78, 5) is 0. The molecule has 0 aromatic heterocycles. The molecule has 1 aromatic carbocycles. The Balaban J connectivity index is 1.95. The predicted molar refractivity (Wildman–Crippen MR) is 60.0 cm³/mol. The van der Waals surface area contributed by atoms with Crippen LogP contribution in [0.3, 0.4) is 0 Å². The zero-order chi connectivity index (χ0) is 10.5. The topological polar surface area (TPSA) is 21.3 Å². The highest BCUT2D eigenvalue weighted by atomic mass is 16.5. The zero-order valence-electron chi connectivity index (χ0n) is 9.29. The second-order valence-electron chi connectivity index (χ2n) is 5.12. The summed E-state index contributed by atoms with van der Waals surface area (Å²) in [5.74, 6) is 1.04. The van der Waals surface area contributed by atoms with Crippen LogP contribution in [0.5, 0.6) is 5.75 Å². The summed E-state index contributed by atoms with van der Waals surface area (Å²) in [7, 11) is 0. The van der Waals surface area contributed by atoms with Crippen molar-refractivity contribution < 1.29 is 4.74 Å². The molecular formula is C13H17NO. The SMILES string of the molecule is CC1(C)Oc2ccccc2C1NC1CC1. The lowest BCUT2D eigenvalue weighted by atomic mass is 9.94. The van der Waals surface area contributed by atoms with Gasteiger partial charge in [-0.3, -0.25) is 0 Å². The third-order valence-electron chi connectivity index (χ3n) is 3.28. The van der Waals surface area contributed by atoms with Gasteiger partial charge in [-0.1, -0.05) is 18.2 Å². The summed E-state index contributed by atoms with van der Waals surface area (Å²) in [5.41, 5.74) is 1.20. The summed E-state index contributed by atoms with van der Waals surface area (Å²) in [5, 5.41) is 3.67. The van der Waals surface area contributed by atoms with Crippen LogP contribution in [0, 0.1) is 0 Å². The number of hydrogen-bond acceptors (Lipinski definition) is 2. The van der Waals surface area contributed by atoms with Gasteiger partial charge in [0.1, 0.15) is 11.4 Å². The van der Waals surface area contributed by atoms with Crippen LogP contribution >= 0.6 is 0 Å². The molecule has 0 spiro atoms. The summed E-state index contributed by atoms with van der Waals surface area (Å²) in [6.07, 6.45) is 2.63. The molecule has 1 heterocycles. The van der Waals surface area contributed by atoms with Crippen molar-refractivity contribution in [1.82, 2.24) is 5.32 Å². The number of benzene rings is 1. The minimum absolute atomic E-state index is 0.119. The zero-order valence-corrected chi connectivity index (χ0v) is 9.29. The molecule has 1 N–H and O–H groups in total. The molecule has 1 saturated carbocycles. The van der Waals surface area contributed by atoms with Crippen molar-refractivity contribution >= 4 is 0 Å². The van der Waals surface area contributed by atoms with E-state index in [1.807, 2.05) is 6.07 Å². The van der Waals surface area contributed by atoms with Crippen molar-refractivity contribution in [3.05, 3.63) is 29.8 Å². The standard InChI is InChI=1S/C13H17NO/c1-13(2)12(14-9-7-8-9)10-5-3-4-6-11(10)15-13/h3-6,9,12,14H,7-8H2,1-2H3. The van der Waals surface area contributed by atoms with Crippen LogP contribution in [0.15, 0.2) is 24.3 Å². The minimum Gasteiger partial charge on any atom is -0.486 e. The first kappa shape index (κ1) is 9.22. The van der Waals surface area contributed by atoms with Crippen LogP contribution in [0.4, 0.5) is 0 Å². The number of fused-ring (bicyclic) bond motifs is 1. The number of rotatable bonds is 2. The second kappa shape index (κ2) is 2.99. The van der Waals surface area contributed by atoms with Crippen molar-refractivity contribution in [2.45, 2.75) is 44.4 Å². The molecule has 1 aliphatic carbocycles. The molecule has 1 aliphatic heterocycles. The highest BCUT2D eigenvalue weighted by Gasteiger charge is 2.43. The number of nitrogens with one attached hydrogen (secondary N) is 1. The monoisotopic (exact) mass is 203 g/mol. The normalized spacial score (nSPS) is 27.2. The molecule has 0 amide bonds. The molecule has 1 unspecified atom stereocenters. The Hall–Kier alpha value is -1.02. The van der Waals surface area contributed by atoms with E-state index in [9.17, 15) is 0 Å². The van der Waals surface area contributed by atoms with Crippen molar-refractivity contribution in [2.75, 3.05) is 0 Å². The molecule has 15 heavy (non-hydrogen) atoms. The fourth-order valence-electron chi connectivity index (χ4n) is 2.30. The average molecular weight is 203 g/mol. The molecule has 80 valence electrons. The average Bonchev–Trinajstić information content (AvgIpc) is 2.94. The quantitative estimate of drug-likeness (QED) is 0.797. The third-order valence-corrected chi connectivity index (χ3v) is 3.28. The summed E-state index contributed by atoms with van der Waals surface area (Å²) < 4.78 is 5.97. The van der Waals surface area contributed by atoms with Crippen LogP contribution in [-0.4, -0.2) is 11.6 Å². The second-order valence-corrected chi connectivity index (χ2v) is 5.12. The van der Waals surface area contributed by atoms with E-state index >= 15 is 0 Å². The van der Waals surface area contributed by atoms with Gasteiger partial charge in [0.15, 0.2) is 0 Å².